The standard InChI is InChI=1S/C41H44O17P2/c1-28(42)51-36(27-50-59(46,48-25-32-17-9-5-10-18-32)49-26-33-19-11-6-12-20-33)37-38(52-29(2)43)39(53-30(3)44)40(54-31(4)45)41(55-37)58-60(47,56-34-21-13-7-14-22-34)57-35-23-15-8-16-24-35/h5-24,36-41H,25-27H2,1-4H3/t36-,37?,38-,39?,40?,41+/m1/s1. The number of ether oxygens (including phenoxy) is 5. The largest absolute Gasteiger partial charge is 0.590 e. The molecule has 0 spiro atoms. The Balaban J connectivity index is 1.55. The molecule has 1 saturated heterocycles. The van der Waals surface area contributed by atoms with E-state index in [9.17, 15) is 28.3 Å². The Kier molecular flexibility index (Phi) is 16.6. The molecule has 1 aliphatic heterocycles. The van der Waals surface area contributed by atoms with Gasteiger partial charge in [0.1, 0.15) is 17.6 Å². The Morgan fingerprint density at radius 3 is 1.38 bits per heavy atom. The molecule has 0 aliphatic carbocycles. The fourth-order valence-corrected chi connectivity index (χ4v) is 8.21. The lowest BCUT2D eigenvalue weighted by Gasteiger charge is -2.46. The van der Waals surface area contributed by atoms with Crippen LogP contribution >= 0.6 is 15.6 Å². The minimum atomic E-state index is -4.91. The van der Waals surface area contributed by atoms with Crippen LogP contribution in [-0.2, 0) is 83.3 Å². The van der Waals surface area contributed by atoms with Crippen LogP contribution in [-0.4, -0.2) is 67.3 Å². The van der Waals surface area contributed by atoms with E-state index in [4.69, 9.17) is 50.8 Å². The van der Waals surface area contributed by atoms with Gasteiger partial charge in [-0.25, -0.2) is 13.7 Å². The molecule has 0 amide bonds. The van der Waals surface area contributed by atoms with Crippen molar-refractivity contribution in [2.45, 2.75) is 77.7 Å². The Bertz CT molecular complexity index is 2010. The zero-order valence-corrected chi connectivity index (χ0v) is 34.8. The highest BCUT2D eigenvalue weighted by Gasteiger charge is 2.58. The molecule has 60 heavy (non-hydrogen) atoms. The second kappa shape index (κ2) is 21.7. The molecule has 19 heteroatoms. The van der Waals surface area contributed by atoms with Crippen LogP contribution in [0.25, 0.3) is 0 Å². The summed E-state index contributed by atoms with van der Waals surface area (Å²) in [6, 6.07) is 33.0. The normalized spacial score (nSPS) is 19.6. The molecule has 3 unspecified atom stereocenters. The molecule has 0 radical (unpaired) electrons. The van der Waals surface area contributed by atoms with Crippen molar-refractivity contribution in [3.8, 4) is 11.5 Å². The van der Waals surface area contributed by atoms with E-state index in [-0.39, 0.29) is 24.7 Å². The lowest BCUT2D eigenvalue weighted by atomic mass is 9.94. The van der Waals surface area contributed by atoms with Gasteiger partial charge < -0.3 is 32.7 Å². The number of phosphoric acid groups is 2. The van der Waals surface area contributed by atoms with E-state index in [0.717, 1.165) is 27.7 Å². The van der Waals surface area contributed by atoms with E-state index in [0.29, 0.717) is 11.1 Å². The summed E-state index contributed by atoms with van der Waals surface area (Å²) in [5.74, 6) is -3.72. The first-order valence-electron chi connectivity index (χ1n) is 18.4. The molecule has 0 N–H and O–H groups in total. The predicted molar refractivity (Wildman–Crippen MR) is 210 cm³/mol. The second-order valence-electron chi connectivity index (χ2n) is 13.0. The van der Waals surface area contributed by atoms with Gasteiger partial charge in [0.25, 0.3) is 0 Å². The number of carbonyl (C=O) groups excluding carboxylic acids is 4. The van der Waals surface area contributed by atoms with Crippen LogP contribution in [0.5, 0.6) is 11.5 Å². The van der Waals surface area contributed by atoms with Gasteiger partial charge in [0, 0.05) is 27.7 Å². The third-order valence-electron chi connectivity index (χ3n) is 8.14. The first-order chi connectivity index (χ1) is 28.7. The molecule has 4 aromatic rings. The molecule has 6 atom stereocenters. The van der Waals surface area contributed by atoms with Crippen LogP contribution in [0.3, 0.4) is 0 Å². The zero-order valence-electron chi connectivity index (χ0n) is 33.0. The average Bonchev–Trinajstić information content (AvgIpc) is 3.21. The van der Waals surface area contributed by atoms with Crippen LogP contribution in [0.4, 0.5) is 0 Å². The van der Waals surface area contributed by atoms with Gasteiger partial charge in [-0.2, -0.15) is 0 Å². The van der Waals surface area contributed by atoms with Gasteiger partial charge >= 0.3 is 39.5 Å². The molecule has 4 aromatic carbocycles. The number of esters is 4. The van der Waals surface area contributed by atoms with Crippen molar-refractivity contribution in [3.05, 3.63) is 132 Å². The molecule has 1 aliphatic rings. The highest BCUT2D eigenvalue weighted by Crippen LogP contribution is 2.54. The number of carbonyl (C=O) groups is 4. The van der Waals surface area contributed by atoms with Crippen molar-refractivity contribution in [3.63, 3.8) is 0 Å². The maximum Gasteiger partial charge on any atom is 0.590 e. The van der Waals surface area contributed by atoms with E-state index in [1.807, 2.05) is 0 Å². The molecule has 5 rings (SSSR count). The lowest BCUT2D eigenvalue weighted by Crippen LogP contribution is -2.65. The number of hydrogen-bond acceptors (Lipinski definition) is 17. The summed E-state index contributed by atoms with van der Waals surface area (Å²) in [5, 5.41) is 0. The maximum atomic E-state index is 14.7. The smallest absolute Gasteiger partial charge is 0.457 e. The molecule has 0 bridgehead atoms. The lowest BCUT2D eigenvalue weighted by molar-refractivity contribution is -0.301. The molecule has 1 fully saturated rings. The minimum Gasteiger partial charge on any atom is -0.457 e. The van der Waals surface area contributed by atoms with Crippen LogP contribution in [0.15, 0.2) is 121 Å². The van der Waals surface area contributed by atoms with E-state index in [2.05, 4.69) is 0 Å². The van der Waals surface area contributed by atoms with Crippen molar-refractivity contribution in [1.29, 1.82) is 0 Å². The van der Waals surface area contributed by atoms with Gasteiger partial charge in [-0.1, -0.05) is 97.1 Å². The fraction of sp³-hybridized carbons (Fsp3) is 0.317. The fourth-order valence-electron chi connectivity index (χ4n) is 5.74. The van der Waals surface area contributed by atoms with Gasteiger partial charge in [-0.15, -0.1) is 0 Å². The van der Waals surface area contributed by atoms with E-state index >= 15 is 0 Å². The third kappa shape index (κ3) is 14.1. The van der Waals surface area contributed by atoms with Gasteiger partial charge in [0.05, 0.1) is 19.8 Å². The summed E-state index contributed by atoms with van der Waals surface area (Å²) in [7, 11) is -9.48. The second-order valence-corrected chi connectivity index (χ2v) is 16.1. The van der Waals surface area contributed by atoms with Crippen LogP contribution in [0.1, 0.15) is 38.8 Å². The van der Waals surface area contributed by atoms with Crippen molar-refractivity contribution < 1.29 is 79.1 Å². The Morgan fingerprint density at radius 1 is 0.533 bits per heavy atom. The van der Waals surface area contributed by atoms with E-state index < -0.39 is 82.9 Å². The van der Waals surface area contributed by atoms with Crippen molar-refractivity contribution in [2.24, 2.45) is 0 Å². The molecule has 320 valence electrons. The van der Waals surface area contributed by atoms with Crippen molar-refractivity contribution >= 4 is 39.5 Å². The number of hydrogen-bond donors (Lipinski definition) is 0. The van der Waals surface area contributed by atoms with Gasteiger partial charge in [-0.3, -0.25) is 32.7 Å². The summed E-state index contributed by atoms with van der Waals surface area (Å²) in [5.41, 5.74) is 1.24. The van der Waals surface area contributed by atoms with Crippen LogP contribution in [0.2, 0.25) is 0 Å². The summed E-state index contributed by atoms with van der Waals surface area (Å²) in [6.07, 6.45) is -10.9. The Hall–Kier alpha value is -5.38. The Morgan fingerprint density at radius 2 is 0.950 bits per heavy atom. The first-order valence-corrected chi connectivity index (χ1v) is 21.4. The SMILES string of the molecule is CC(=O)OC1C(OC(C)=O)[C@H](OC(C)=O)C([C@@H](COP(=O)(OCc2ccccc2)OCc2ccccc2)OC(C)=O)O[C@H]1OP(=O)(Oc1ccccc1)Oc1ccccc1. The number of phosphoric ester groups is 2. The van der Waals surface area contributed by atoms with Crippen molar-refractivity contribution in [1.82, 2.24) is 0 Å². The number of para-hydroxylation sites is 2. The monoisotopic (exact) mass is 870 g/mol. The highest BCUT2D eigenvalue weighted by atomic mass is 31.2. The molecule has 0 aromatic heterocycles. The maximum absolute atomic E-state index is 14.7. The number of benzene rings is 4. The molecular weight excluding hydrogens is 826 g/mol. The summed E-state index contributed by atoms with van der Waals surface area (Å²) < 4.78 is 92.4. The van der Waals surface area contributed by atoms with Gasteiger partial charge in [0.2, 0.25) is 6.29 Å². The quantitative estimate of drug-likeness (QED) is 0.0486. The highest BCUT2D eigenvalue weighted by molar-refractivity contribution is 7.49. The first kappa shape index (κ1) is 45.7. The predicted octanol–water partition coefficient (Wildman–Crippen LogP) is 7.28. The molecule has 17 nitrogen and oxygen atoms in total. The van der Waals surface area contributed by atoms with Gasteiger partial charge in [-0.05, 0) is 35.4 Å². The van der Waals surface area contributed by atoms with E-state index in [1.165, 1.54) is 24.3 Å². The molecule has 1 heterocycles. The van der Waals surface area contributed by atoms with Gasteiger partial charge in [0.15, 0.2) is 24.4 Å². The molecule has 0 saturated carbocycles. The number of rotatable bonds is 20. The van der Waals surface area contributed by atoms with E-state index in [1.54, 1.807) is 97.1 Å². The van der Waals surface area contributed by atoms with Crippen molar-refractivity contribution in [2.75, 3.05) is 6.61 Å². The third-order valence-corrected chi connectivity index (χ3v) is 10.8. The summed E-state index contributed by atoms with van der Waals surface area (Å²) >= 11 is 0. The summed E-state index contributed by atoms with van der Waals surface area (Å²) in [6.45, 7) is 2.83. The van der Waals surface area contributed by atoms with Crippen LogP contribution in [0, 0.1) is 0 Å². The van der Waals surface area contributed by atoms with Crippen LogP contribution < -0.4 is 9.05 Å². The topological polar surface area (TPSA) is 204 Å². The minimum absolute atomic E-state index is 0.0235. The Labute approximate surface area is 346 Å². The summed E-state index contributed by atoms with van der Waals surface area (Å²) in [4.78, 5) is 50.7. The zero-order chi connectivity index (χ0) is 43.1. The molecular formula is C41H44O17P2. The average molecular weight is 871 g/mol.